The summed E-state index contributed by atoms with van der Waals surface area (Å²) in [4.78, 5) is 24.7. The maximum absolute atomic E-state index is 12.4. The third-order valence-electron chi connectivity index (χ3n) is 4.74. The molecule has 3 aromatic rings. The second-order valence-electron chi connectivity index (χ2n) is 6.54. The smallest absolute Gasteiger partial charge is 0.340 e. The first-order valence-electron chi connectivity index (χ1n) is 8.86. The molecule has 2 heterocycles. The molecule has 2 aromatic carbocycles. The number of benzene rings is 2. The van der Waals surface area contributed by atoms with Crippen LogP contribution in [0.2, 0.25) is 0 Å². The lowest BCUT2D eigenvalue weighted by Gasteiger charge is -2.26. The topological polar surface area (TPSA) is 69.6 Å². The van der Waals surface area contributed by atoms with Gasteiger partial charge in [-0.3, -0.25) is 4.79 Å². The lowest BCUT2D eigenvalue weighted by Crippen LogP contribution is -2.35. The van der Waals surface area contributed by atoms with Crippen molar-refractivity contribution in [2.75, 3.05) is 13.2 Å². The number of carbonyl (C=O) groups excluding carboxylic acids is 2. The van der Waals surface area contributed by atoms with E-state index in [1.807, 2.05) is 60.1 Å². The van der Waals surface area contributed by atoms with Crippen molar-refractivity contribution in [1.29, 1.82) is 0 Å². The average molecular weight is 364 g/mol. The minimum absolute atomic E-state index is 0.140. The standard InChI is InChI=1S/C21H20N2O4/c1-23-12-16(14-6-2-4-8-18(14)23)21(25)27-13-20(24)22-17-10-11-26-19-9-5-3-7-15(17)19/h2-9,12,17H,10-11,13H2,1H3,(H,22,24)/t17-/m0/s1. The van der Waals surface area contributed by atoms with Crippen LogP contribution in [-0.4, -0.2) is 29.7 Å². The number of hydrogen-bond donors (Lipinski definition) is 1. The van der Waals surface area contributed by atoms with E-state index in [0.29, 0.717) is 18.6 Å². The third-order valence-corrected chi connectivity index (χ3v) is 4.74. The van der Waals surface area contributed by atoms with Crippen LogP contribution in [-0.2, 0) is 16.6 Å². The molecule has 1 atom stereocenters. The van der Waals surface area contributed by atoms with E-state index in [1.54, 1.807) is 6.20 Å². The number of esters is 1. The number of aromatic nitrogens is 1. The Bertz CT molecular complexity index is 1010. The Kier molecular flexibility index (Phi) is 4.54. The summed E-state index contributed by atoms with van der Waals surface area (Å²) in [6, 6.07) is 15.1. The summed E-state index contributed by atoms with van der Waals surface area (Å²) >= 11 is 0. The van der Waals surface area contributed by atoms with Gasteiger partial charge in [0.1, 0.15) is 5.75 Å². The van der Waals surface area contributed by atoms with Gasteiger partial charge in [0.2, 0.25) is 0 Å². The molecule has 0 radical (unpaired) electrons. The summed E-state index contributed by atoms with van der Waals surface area (Å²) < 4.78 is 12.7. The maximum Gasteiger partial charge on any atom is 0.340 e. The normalized spacial score (nSPS) is 15.7. The van der Waals surface area contributed by atoms with Crippen molar-refractivity contribution >= 4 is 22.8 Å². The quantitative estimate of drug-likeness (QED) is 0.723. The molecule has 0 fully saturated rings. The molecule has 1 aliphatic heterocycles. The van der Waals surface area contributed by atoms with Crippen molar-refractivity contribution in [3.63, 3.8) is 0 Å². The Balaban J connectivity index is 1.40. The van der Waals surface area contributed by atoms with Crippen LogP contribution in [0.5, 0.6) is 5.75 Å². The zero-order chi connectivity index (χ0) is 18.8. The number of carbonyl (C=O) groups is 2. The fraction of sp³-hybridized carbons (Fsp3) is 0.238. The predicted octanol–water partition coefficient (Wildman–Crippen LogP) is 2.98. The summed E-state index contributed by atoms with van der Waals surface area (Å²) in [6.07, 6.45) is 2.40. The van der Waals surface area contributed by atoms with Gasteiger partial charge in [-0.1, -0.05) is 36.4 Å². The van der Waals surface area contributed by atoms with Gasteiger partial charge in [0, 0.05) is 36.1 Å². The summed E-state index contributed by atoms with van der Waals surface area (Å²) in [5, 5.41) is 3.73. The minimum atomic E-state index is -0.505. The second kappa shape index (κ2) is 7.15. The number of nitrogens with one attached hydrogen (secondary N) is 1. The molecule has 0 unspecified atom stereocenters. The maximum atomic E-state index is 12.4. The Morgan fingerprint density at radius 1 is 1.19 bits per heavy atom. The average Bonchev–Trinajstić information content (AvgIpc) is 3.04. The van der Waals surface area contributed by atoms with Crippen LogP contribution >= 0.6 is 0 Å². The summed E-state index contributed by atoms with van der Waals surface area (Å²) in [5.74, 6) is -0.0542. The van der Waals surface area contributed by atoms with Crippen LogP contribution in [0.4, 0.5) is 0 Å². The van der Waals surface area contributed by atoms with Crippen LogP contribution in [0.15, 0.2) is 54.7 Å². The molecule has 138 valence electrons. The number of rotatable bonds is 4. The first kappa shape index (κ1) is 17.1. The van der Waals surface area contributed by atoms with E-state index in [9.17, 15) is 9.59 Å². The van der Waals surface area contributed by atoms with Crippen molar-refractivity contribution in [1.82, 2.24) is 9.88 Å². The predicted molar refractivity (Wildman–Crippen MR) is 101 cm³/mol. The largest absolute Gasteiger partial charge is 0.493 e. The van der Waals surface area contributed by atoms with Crippen molar-refractivity contribution in [2.24, 2.45) is 7.05 Å². The molecule has 1 amide bonds. The zero-order valence-corrected chi connectivity index (χ0v) is 15.0. The fourth-order valence-electron chi connectivity index (χ4n) is 3.44. The summed E-state index contributed by atoms with van der Waals surface area (Å²) in [5.41, 5.74) is 2.34. The highest BCUT2D eigenvalue weighted by molar-refractivity contribution is 6.04. The van der Waals surface area contributed by atoms with E-state index < -0.39 is 5.97 Å². The number of para-hydroxylation sites is 2. The van der Waals surface area contributed by atoms with E-state index in [2.05, 4.69) is 5.32 Å². The van der Waals surface area contributed by atoms with Crippen LogP contribution in [0.1, 0.15) is 28.4 Å². The number of aryl methyl sites for hydroxylation is 1. The first-order valence-corrected chi connectivity index (χ1v) is 8.86. The Labute approximate surface area is 156 Å². The van der Waals surface area contributed by atoms with Crippen molar-refractivity contribution in [3.05, 3.63) is 65.9 Å². The molecule has 0 bridgehead atoms. The molecule has 6 heteroatoms. The van der Waals surface area contributed by atoms with E-state index in [1.165, 1.54) is 0 Å². The van der Waals surface area contributed by atoms with E-state index >= 15 is 0 Å². The molecule has 1 N–H and O–H groups in total. The monoisotopic (exact) mass is 364 g/mol. The Morgan fingerprint density at radius 3 is 2.85 bits per heavy atom. The number of hydrogen-bond acceptors (Lipinski definition) is 4. The highest BCUT2D eigenvalue weighted by Crippen LogP contribution is 2.31. The SMILES string of the molecule is Cn1cc(C(=O)OCC(=O)N[C@H]2CCOc3ccccc32)c2ccccc21. The lowest BCUT2D eigenvalue weighted by molar-refractivity contribution is -0.125. The summed E-state index contributed by atoms with van der Waals surface area (Å²) in [6.45, 7) is 0.222. The van der Waals surface area contributed by atoms with Crippen LogP contribution in [0.3, 0.4) is 0 Å². The summed E-state index contributed by atoms with van der Waals surface area (Å²) in [7, 11) is 1.87. The van der Waals surface area contributed by atoms with Crippen LogP contribution < -0.4 is 10.1 Å². The molecule has 1 aliphatic rings. The molecule has 4 rings (SSSR count). The lowest BCUT2D eigenvalue weighted by atomic mass is 10.0. The van der Waals surface area contributed by atoms with Gasteiger partial charge < -0.3 is 19.4 Å². The van der Waals surface area contributed by atoms with Crippen molar-refractivity contribution in [2.45, 2.75) is 12.5 Å². The zero-order valence-electron chi connectivity index (χ0n) is 15.0. The molecule has 0 saturated heterocycles. The van der Waals surface area contributed by atoms with Crippen molar-refractivity contribution < 1.29 is 19.1 Å². The van der Waals surface area contributed by atoms with E-state index in [0.717, 1.165) is 22.2 Å². The van der Waals surface area contributed by atoms with Gasteiger partial charge in [-0.25, -0.2) is 4.79 Å². The molecular formula is C21H20N2O4. The number of fused-ring (bicyclic) bond motifs is 2. The molecule has 6 nitrogen and oxygen atoms in total. The van der Waals surface area contributed by atoms with Gasteiger partial charge in [0.15, 0.2) is 6.61 Å². The van der Waals surface area contributed by atoms with Crippen molar-refractivity contribution in [3.8, 4) is 5.75 Å². The van der Waals surface area contributed by atoms with Gasteiger partial charge in [-0.2, -0.15) is 0 Å². The number of ether oxygens (including phenoxy) is 2. The second-order valence-corrected chi connectivity index (χ2v) is 6.54. The molecule has 0 spiro atoms. The highest BCUT2D eigenvalue weighted by atomic mass is 16.5. The van der Waals surface area contributed by atoms with Gasteiger partial charge in [0.05, 0.1) is 18.2 Å². The van der Waals surface area contributed by atoms with Gasteiger partial charge in [0.25, 0.3) is 5.91 Å². The van der Waals surface area contributed by atoms with Crippen LogP contribution in [0.25, 0.3) is 10.9 Å². The van der Waals surface area contributed by atoms with Gasteiger partial charge in [-0.05, 0) is 12.1 Å². The molecule has 0 aliphatic carbocycles. The Morgan fingerprint density at radius 2 is 1.96 bits per heavy atom. The van der Waals surface area contributed by atoms with Gasteiger partial charge >= 0.3 is 5.97 Å². The first-order chi connectivity index (χ1) is 13.1. The van der Waals surface area contributed by atoms with E-state index in [-0.39, 0.29) is 18.6 Å². The highest BCUT2D eigenvalue weighted by Gasteiger charge is 2.23. The third kappa shape index (κ3) is 3.38. The van der Waals surface area contributed by atoms with Gasteiger partial charge in [-0.15, -0.1) is 0 Å². The number of amides is 1. The molecule has 1 aromatic heterocycles. The number of nitrogens with zero attached hydrogens (tertiary/aromatic N) is 1. The molecule has 27 heavy (non-hydrogen) atoms. The fourth-order valence-corrected chi connectivity index (χ4v) is 3.44. The van der Waals surface area contributed by atoms with E-state index in [4.69, 9.17) is 9.47 Å². The molecular weight excluding hydrogens is 344 g/mol. The molecule has 0 saturated carbocycles. The van der Waals surface area contributed by atoms with Crippen LogP contribution in [0, 0.1) is 0 Å². The Hall–Kier alpha value is -3.28. The minimum Gasteiger partial charge on any atom is -0.493 e.